The van der Waals surface area contributed by atoms with E-state index >= 15 is 0 Å². The molecule has 4 N–H and O–H groups in total. The Balaban J connectivity index is 2.54. The van der Waals surface area contributed by atoms with Crippen molar-refractivity contribution in [1.29, 1.82) is 0 Å². The van der Waals surface area contributed by atoms with Crippen molar-refractivity contribution in [2.45, 2.75) is 6.43 Å². The van der Waals surface area contributed by atoms with Gasteiger partial charge in [0.2, 0.25) is 0 Å². The van der Waals surface area contributed by atoms with Crippen molar-refractivity contribution in [3.05, 3.63) is 11.8 Å². The van der Waals surface area contributed by atoms with Gasteiger partial charge in [-0.3, -0.25) is 9.89 Å². The largest absolute Gasteiger partial charge is 0.383 e. The molecular weight excluding hydrogens is 182 g/mol. The predicted molar refractivity (Wildman–Crippen MR) is 41.3 cm³/mol. The quantitative estimate of drug-likeness (QED) is 0.626. The molecule has 0 fully saturated rings. The van der Waals surface area contributed by atoms with E-state index in [4.69, 9.17) is 5.73 Å². The molecule has 72 valence electrons. The molecule has 0 aliphatic carbocycles. The summed E-state index contributed by atoms with van der Waals surface area (Å²) >= 11 is 0. The van der Waals surface area contributed by atoms with Crippen LogP contribution in [0.3, 0.4) is 0 Å². The van der Waals surface area contributed by atoms with Gasteiger partial charge in [-0.05, 0) is 0 Å². The highest BCUT2D eigenvalue weighted by molar-refractivity contribution is 5.98. The second kappa shape index (κ2) is 3.83. The van der Waals surface area contributed by atoms with Crippen molar-refractivity contribution in [3.8, 4) is 0 Å². The Kier molecular flexibility index (Phi) is 2.78. The van der Waals surface area contributed by atoms with Crippen LogP contribution in [-0.4, -0.2) is 29.1 Å². The Morgan fingerprint density at radius 3 is 2.92 bits per heavy atom. The number of rotatable bonds is 3. The molecule has 7 heteroatoms. The maximum atomic E-state index is 11.7. The zero-order valence-corrected chi connectivity index (χ0v) is 6.55. The fourth-order valence-electron chi connectivity index (χ4n) is 0.742. The number of hydrogen-bond acceptors (Lipinski definition) is 3. The molecule has 0 aliphatic rings. The number of alkyl halides is 2. The molecule has 1 aromatic heterocycles. The molecule has 5 nitrogen and oxygen atoms in total. The molecule has 1 aromatic rings. The third-order valence-corrected chi connectivity index (χ3v) is 1.33. The molecule has 1 rings (SSSR count). The maximum Gasteiger partial charge on any atom is 0.256 e. The third kappa shape index (κ3) is 2.39. The number of nitrogens with one attached hydrogen (secondary N) is 2. The Hall–Kier alpha value is -1.66. The smallest absolute Gasteiger partial charge is 0.256 e. The SMILES string of the molecule is Nc1[nH]ncc1C(=O)NCC(F)F. The summed E-state index contributed by atoms with van der Waals surface area (Å²) in [6.45, 7) is -0.691. The molecule has 13 heavy (non-hydrogen) atoms. The van der Waals surface area contributed by atoms with Crippen molar-refractivity contribution in [3.63, 3.8) is 0 Å². The van der Waals surface area contributed by atoms with Gasteiger partial charge in [0, 0.05) is 0 Å². The summed E-state index contributed by atoms with van der Waals surface area (Å²) in [5.74, 6) is -0.599. The second-order valence-corrected chi connectivity index (χ2v) is 2.30. The van der Waals surface area contributed by atoms with Gasteiger partial charge in [-0.1, -0.05) is 0 Å². The molecular formula is C6H8F2N4O. The number of nitrogens with two attached hydrogens (primary N) is 1. The summed E-state index contributed by atoms with van der Waals surface area (Å²) in [5, 5.41) is 7.78. The number of carbonyl (C=O) groups excluding carboxylic acids is 1. The summed E-state index contributed by atoms with van der Waals surface area (Å²) < 4.78 is 23.3. The number of amides is 1. The van der Waals surface area contributed by atoms with Gasteiger partial charge in [0.25, 0.3) is 12.3 Å². The summed E-state index contributed by atoms with van der Waals surface area (Å²) in [6.07, 6.45) is -1.40. The molecule has 0 unspecified atom stereocenters. The van der Waals surface area contributed by atoms with Crippen LogP contribution in [-0.2, 0) is 0 Å². The van der Waals surface area contributed by atoms with Crippen LogP contribution >= 0.6 is 0 Å². The van der Waals surface area contributed by atoms with E-state index < -0.39 is 18.9 Å². The van der Waals surface area contributed by atoms with Crippen LogP contribution in [0.2, 0.25) is 0 Å². The molecule has 0 aliphatic heterocycles. The molecule has 1 amide bonds. The number of H-pyrrole nitrogens is 1. The number of nitrogens with zero attached hydrogens (tertiary/aromatic N) is 1. The topological polar surface area (TPSA) is 83.8 Å². The van der Waals surface area contributed by atoms with Gasteiger partial charge >= 0.3 is 0 Å². The van der Waals surface area contributed by atoms with Crippen LogP contribution in [0.25, 0.3) is 0 Å². The molecule has 0 spiro atoms. The number of aromatic amines is 1. The number of carbonyl (C=O) groups is 1. The Morgan fingerprint density at radius 1 is 1.77 bits per heavy atom. The number of anilines is 1. The summed E-state index contributed by atoms with van der Waals surface area (Å²) in [7, 11) is 0. The Labute approximate surface area is 72.3 Å². The second-order valence-electron chi connectivity index (χ2n) is 2.30. The fraction of sp³-hybridized carbons (Fsp3) is 0.333. The molecule has 0 saturated carbocycles. The molecule has 0 atom stereocenters. The minimum Gasteiger partial charge on any atom is -0.383 e. The maximum absolute atomic E-state index is 11.7. The normalized spacial score (nSPS) is 10.4. The standard InChI is InChI=1S/C6H8F2N4O/c7-4(8)2-10-6(13)3-1-11-12-5(3)9/h1,4H,2H2,(H,10,13)(H3,9,11,12). The van der Waals surface area contributed by atoms with Crippen molar-refractivity contribution in [1.82, 2.24) is 15.5 Å². The van der Waals surface area contributed by atoms with Crippen LogP contribution in [0.5, 0.6) is 0 Å². The highest BCUT2D eigenvalue weighted by atomic mass is 19.3. The van der Waals surface area contributed by atoms with E-state index in [1.165, 1.54) is 6.20 Å². The minimum absolute atomic E-state index is 0.0618. The molecule has 0 aromatic carbocycles. The van der Waals surface area contributed by atoms with Gasteiger partial charge in [-0.15, -0.1) is 0 Å². The van der Waals surface area contributed by atoms with Gasteiger partial charge in [-0.25, -0.2) is 8.78 Å². The van der Waals surface area contributed by atoms with Crippen molar-refractivity contribution >= 4 is 11.7 Å². The van der Waals surface area contributed by atoms with E-state index in [1.54, 1.807) is 0 Å². The van der Waals surface area contributed by atoms with Crippen molar-refractivity contribution in [2.75, 3.05) is 12.3 Å². The Morgan fingerprint density at radius 2 is 2.46 bits per heavy atom. The lowest BCUT2D eigenvalue weighted by atomic mass is 10.3. The fourth-order valence-corrected chi connectivity index (χ4v) is 0.742. The predicted octanol–water partition coefficient (Wildman–Crippen LogP) is -0.0132. The van der Waals surface area contributed by atoms with Crippen molar-refractivity contribution in [2.24, 2.45) is 0 Å². The average Bonchev–Trinajstić information content (AvgIpc) is 2.47. The first-order valence-electron chi connectivity index (χ1n) is 3.46. The number of aromatic nitrogens is 2. The van der Waals surface area contributed by atoms with Gasteiger partial charge in [0.1, 0.15) is 11.4 Å². The number of nitrogen functional groups attached to an aromatic ring is 1. The van der Waals surface area contributed by atoms with Gasteiger partial charge in [0.15, 0.2) is 0 Å². The summed E-state index contributed by atoms with van der Waals surface area (Å²) in [6, 6.07) is 0. The Bertz CT molecular complexity index is 299. The monoisotopic (exact) mass is 190 g/mol. The van der Waals surface area contributed by atoms with Crippen LogP contribution in [0.15, 0.2) is 6.20 Å². The first-order chi connectivity index (χ1) is 6.11. The van der Waals surface area contributed by atoms with Crippen LogP contribution in [0.1, 0.15) is 10.4 Å². The van der Waals surface area contributed by atoms with Crippen molar-refractivity contribution < 1.29 is 13.6 Å². The third-order valence-electron chi connectivity index (χ3n) is 1.33. The molecule has 0 radical (unpaired) electrons. The highest BCUT2D eigenvalue weighted by Crippen LogP contribution is 2.05. The lowest BCUT2D eigenvalue weighted by Gasteiger charge is -2.01. The van der Waals surface area contributed by atoms with Crippen LogP contribution in [0.4, 0.5) is 14.6 Å². The van der Waals surface area contributed by atoms with Crippen LogP contribution in [0, 0.1) is 0 Å². The van der Waals surface area contributed by atoms with E-state index in [2.05, 4.69) is 10.2 Å². The van der Waals surface area contributed by atoms with Crippen LogP contribution < -0.4 is 11.1 Å². The van der Waals surface area contributed by atoms with E-state index in [1.807, 2.05) is 5.32 Å². The van der Waals surface area contributed by atoms with E-state index in [0.29, 0.717) is 0 Å². The van der Waals surface area contributed by atoms with E-state index in [-0.39, 0.29) is 11.4 Å². The molecule has 1 heterocycles. The van der Waals surface area contributed by atoms with E-state index in [9.17, 15) is 13.6 Å². The number of hydrogen-bond donors (Lipinski definition) is 3. The zero-order chi connectivity index (χ0) is 9.84. The van der Waals surface area contributed by atoms with Gasteiger partial charge < -0.3 is 11.1 Å². The van der Waals surface area contributed by atoms with Gasteiger partial charge in [0.05, 0.1) is 12.7 Å². The number of halogens is 2. The first-order valence-corrected chi connectivity index (χ1v) is 3.46. The van der Waals surface area contributed by atoms with Gasteiger partial charge in [-0.2, -0.15) is 5.10 Å². The summed E-state index contributed by atoms with van der Waals surface area (Å²) in [4.78, 5) is 11.0. The zero-order valence-electron chi connectivity index (χ0n) is 6.55. The first kappa shape index (κ1) is 9.43. The average molecular weight is 190 g/mol. The highest BCUT2D eigenvalue weighted by Gasteiger charge is 2.12. The van der Waals surface area contributed by atoms with E-state index in [0.717, 1.165) is 0 Å². The molecule has 0 bridgehead atoms. The lowest BCUT2D eigenvalue weighted by Crippen LogP contribution is -2.28. The summed E-state index contributed by atoms with van der Waals surface area (Å²) in [5.41, 5.74) is 5.35. The minimum atomic E-state index is -2.57. The lowest BCUT2D eigenvalue weighted by molar-refractivity contribution is 0.0892. The molecule has 0 saturated heterocycles.